The molecule has 1 aromatic rings. The van der Waals surface area contributed by atoms with Gasteiger partial charge in [0.1, 0.15) is 11.0 Å². The number of carbonyl (C=O) groups excluding carboxylic acids is 1. The molecule has 1 fully saturated rings. The van der Waals surface area contributed by atoms with Gasteiger partial charge in [0, 0.05) is 6.42 Å². The third-order valence-electron chi connectivity index (χ3n) is 3.25. The number of rotatable bonds is 4. The molecular weight excluding hydrogens is 386 g/mol. The zero-order valence-corrected chi connectivity index (χ0v) is 14.2. The molecule has 2 aliphatic rings. The van der Waals surface area contributed by atoms with Gasteiger partial charge in [-0.05, 0) is 39.2 Å². The number of hydrogen-bond acceptors (Lipinski definition) is 6. The molecule has 1 aromatic carbocycles. The third-order valence-corrected chi connectivity index (χ3v) is 4.91. The van der Waals surface area contributed by atoms with Crippen molar-refractivity contribution in [3.05, 3.63) is 27.7 Å². The van der Waals surface area contributed by atoms with Gasteiger partial charge in [-0.2, -0.15) is 5.10 Å². The lowest BCUT2D eigenvalue weighted by Crippen LogP contribution is -2.26. The molecule has 2 heterocycles. The fourth-order valence-electron chi connectivity index (χ4n) is 2.25. The highest BCUT2D eigenvalue weighted by atomic mass is 79.9. The molecule has 1 unspecified atom stereocenters. The Morgan fingerprint density at radius 3 is 3.17 bits per heavy atom. The molecule has 1 amide bonds. The second kappa shape index (κ2) is 6.71. The second-order valence-electron chi connectivity index (χ2n) is 4.93. The van der Waals surface area contributed by atoms with Gasteiger partial charge >= 0.3 is 5.97 Å². The smallest absolute Gasteiger partial charge is 0.305 e. The molecule has 0 bridgehead atoms. The minimum absolute atomic E-state index is 0.239. The first kappa shape index (κ1) is 16.0. The molecule has 0 aliphatic carbocycles. The van der Waals surface area contributed by atoms with Crippen molar-refractivity contribution in [1.82, 2.24) is 5.32 Å². The van der Waals surface area contributed by atoms with E-state index >= 15 is 0 Å². The van der Waals surface area contributed by atoms with Crippen LogP contribution in [0.5, 0.6) is 5.75 Å². The summed E-state index contributed by atoms with van der Waals surface area (Å²) in [5.41, 5.74) is 1.97. The number of nitrogens with zero attached hydrogens (tertiary/aromatic N) is 2. The lowest BCUT2D eigenvalue weighted by atomic mass is 10.1. The zero-order valence-electron chi connectivity index (χ0n) is 11.8. The molecule has 9 heteroatoms. The number of ether oxygens (including phenoxy) is 1. The lowest BCUT2D eigenvalue weighted by molar-refractivity contribution is -0.138. The average Bonchev–Trinajstić information content (AvgIpc) is 3.06. The van der Waals surface area contributed by atoms with Crippen LogP contribution in [-0.4, -0.2) is 40.2 Å². The van der Waals surface area contributed by atoms with Crippen LogP contribution in [0.25, 0.3) is 0 Å². The maximum absolute atomic E-state index is 11.6. The highest BCUT2D eigenvalue weighted by molar-refractivity contribution is 9.10. The standard InChI is InChI=1S/C14H12BrN3O4S/c15-9-4-7(3-8-1-2-22-12(8)9)6-16-18-14-17-13(21)10(23-14)5-11(19)20/h3-4,6,10H,1-2,5H2,(H,19,20)(H,17,18,21). The van der Waals surface area contributed by atoms with Gasteiger partial charge in [-0.3, -0.25) is 9.59 Å². The van der Waals surface area contributed by atoms with Crippen molar-refractivity contribution in [2.24, 2.45) is 10.2 Å². The molecule has 0 aromatic heterocycles. The minimum Gasteiger partial charge on any atom is -0.492 e. The van der Waals surface area contributed by atoms with E-state index in [0.717, 1.165) is 39.5 Å². The number of carboxylic acids is 1. The monoisotopic (exact) mass is 397 g/mol. The fourth-order valence-corrected chi connectivity index (χ4v) is 3.80. The third kappa shape index (κ3) is 3.73. The number of aliphatic carboxylic acids is 1. The molecule has 23 heavy (non-hydrogen) atoms. The van der Waals surface area contributed by atoms with Crippen LogP contribution in [0.2, 0.25) is 0 Å². The highest BCUT2D eigenvalue weighted by Crippen LogP contribution is 2.34. The summed E-state index contributed by atoms with van der Waals surface area (Å²) in [4.78, 5) is 22.2. The number of carbonyl (C=O) groups is 2. The molecule has 2 aliphatic heterocycles. The van der Waals surface area contributed by atoms with Crippen molar-refractivity contribution in [2.75, 3.05) is 6.61 Å². The summed E-state index contributed by atoms with van der Waals surface area (Å²) in [6, 6.07) is 3.85. The molecule has 120 valence electrons. The average molecular weight is 398 g/mol. The van der Waals surface area contributed by atoms with E-state index in [9.17, 15) is 9.59 Å². The van der Waals surface area contributed by atoms with Gasteiger partial charge in [0.05, 0.1) is 23.7 Å². The van der Waals surface area contributed by atoms with E-state index < -0.39 is 11.2 Å². The Balaban J connectivity index is 1.68. The summed E-state index contributed by atoms with van der Waals surface area (Å²) >= 11 is 4.53. The van der Waals surface area contributed by atoms with Gasteiger partial charge in [-0.1, -0.05) is 11.8 Å². The molecule has 0 spiro atoms. The predicted molar refractivity (Wildman–Crippen MR) is 90.1 cm³/mol. The molecule has 7 nitrogen and oxygen atoms in total. The van der Waals surface area contributed by atoms with E-state index in [2.05, 4.69) is 31.4 Å². The van der Waals surface area contributed by atoms with Crippen LogP contribution in [0.15, 0.2) is 26.8 Å². The van der Waals surface area contributed by atoms with Crippen LogP contribution in [-0.2, 0) is 16.0 Å². The first-order chi connectivity index (χ1) is 11.0. The van der Waals surface area contributed by atoms with Gasteiger partial charge in [0.15, 0.2) is 5.17 Å². The largest absolute Gasteiger partial charge is 0.492 e. The van der Waals surface area contributed by atoms with Crippen molar-refractivity contribution in [3.8, 4) is 5.75 Å². The summed E-state index contributed by atoms with van der Waals surface area (Å²) in [5, 5.41) is 18.8. The number of nitrogens with one attached hydrogen (secondary N) is 1. The predicted octanol–water partition coefficient (Wildman–Crippen LogP) is 1.78. The van der Waals surface area contributed by atoms with Crippen LogP contribution < -0.4 is 10.1 Å². The number of amides is 1. The number of thioether (sulfide) groups is 1. The second-order valence-corrected chi connectivity index (χ2v) is 6.98. The van der Waals surface area contributed by atoms with Crippen molar-refractivity contribution < 1.29 is 19.4 Å². The maximum atomic E-state index is 11.6. The van der Waals surface area contributed by atoms with Crippen molar-refractivity contribution in [2.45, 2.75) is 18.1 Å². The van der Waals surface area contributed by atoms with Gasteiger partial charge in [-0.15, -0.1) is 5.10 Å². The molecule has 1 atom stereocenters. The number of halogens is 1. The topological polar surface area (TPSA) is 100 Å². The fraction of sp³-hybridized carbons (Fsp3) is 0.286. The van der Waals surface area contributed by atoms with Gasteiger partial charge in [0.2, 0.25) is 5.91 Å². The number of fused-ring (bicyclic) bond motifs is 1. The Labute approximate surface area is 144 Å². The van der Waals surface area contributed by atoms with Gasteiger partial charge in [0.25, 0.3) is 0 Å². The number of hydrogen-bond donors (Lipinski definition) is 2. The van der Waals surface area contributed by atoms with E-state index in [4.69, 9.17) is 9.84 Å². The normalized spacial score (nSPS) is 21.5. The Morgan fingerprint density at radius 1 is 1.57 bits per heavy atom. The lowest BCUT2D eigenvalue weighted by Gasteiger charge is -2.03. The van der Waals surface area contributed by atoms with Crippen LogP contribution >= 0.6 is 27.7 Å². The van der Waals surface area contributed by atoms with Crippen LogP contribution in [0.3, 0.4) is 0 Å². The Morgan fingerprint density at radius 2 is 2.39 bits per heavy atom. The van der Waals surface area contributed by atoms with E-state index in [1.807, 2.05) is 12.1 Å². The van der Waals surface area contributed by atoms with Gasteiger partial charge < -0.3 is 15.2 Å². The molecule has 1 saturated heterocycles. The summed E-state index contributed by atoms with van der Waals surface area (Å²) in [6.45, 7) is 0.671. The quantitative estimate of drug-likeness (QED) is 0.595. The van der Waals surface area contributed by atoms with Crippen molar-refractivity contribution >= 4 is 51.0 Å². The van der Waals surface area contributed by atoms with Crippen LogP contribution in [0.1, 0.15) is 17.5 Å². The van der Waals surface area contributed by atoms with Gasteiger partial charge in [-0.25, -0.2) is 0 Å². The Bertz CT molecular complexity index is 735. The van der Waals surface area contributed by atoms with E-state index in [-0.39, 0.29) is 12.3 Å². The Hall–Kier alpha value is -1.87. The SMILES string of the molecule is O=C(O)CC1SC(=NN=Cc2cc(Br)c3c(c2)CCO3)NC1=O. The summed E-state index contributed by atoms with van der Waals surface area (Å²) in [7, 11) is 0. The molecule has 3 rings (SSSR count). The van der Waals surface area contributed by atoms with Crippen LogP contribution in [0.4, 0.5) is 0 Å². The maximum Gasteiger partial charge on any atom is 0.305 e. The zero-order chi connectivity index (χ0) is 16.4. The number of amidine groups is 1. The van der Waals surface area contributed by atoms with E-state index in [0.29, 0.717) is 11.8 Å². The van der Waals surface area contributed by atoms with Crippen molar-refractivity contribution in [3.63, 3.8) is 0 Å². The van der Waals surface area contributed by atoms with Crippen LogP contribution in [0, 0.1) is 0 Å². The highest BCUT2D eigenvalue weighted by Gasteiger charge is 2.32. The van der Waals surface area contributed by atoms with Crippen molar-refractivity contribution in [1.29, 1.82) is 0 Å². The van der Waals surface area contributed by atoms with E-state index in [1.54, 1.807) is 6.21 Å². The summed E-state index contributed by atoms with van der Waals surface area (Å²) in [6.07, 6.45) is 2.19. The summed E-state index contributed by atoms with van der Waals surface area (Å²) in [5.74, 6) is -0.514. The number of benzene rings is 1. The first-order valence-corrected chi connectivity index (χ1v) is 8.46. The first-order valence-electron chi connectivity index (χ1n) is 6.78. The number of carboxylic acid groups (broad SMARTS) is 1. The minimum atomic E-state index is -1.02. The molecule has 0 saturated carbocycles. The molecule has 0 radical (unpaired) electrons. The summed E-state index contributed by atoms with van der Waals surface area (Å²) < 4.78 is 6.37. The Kier molecular flexibility index (Phi) is 4.67. The molecular formula is C14H12BrN3O4S. The van der Waals surface area contributed by atoms with E-state index in [1.165, 1.54) is 0 Å². The molecule has 2 N–H and O–H groups in total.